The van der Waals surface area contributed by atoms with E-state index < -0.39 is 11.4 Å². The van der Waals surface area contributed by atoms with Gasteiger partial charge in [-0.25, -0.2) is 4.79 Å². The smallest absolute Gasteiger partial charge is 0.328 e. The molecular weight excluding hydrogens is 328 g/mol. The number of rotatable bonds is 4. The minimum absolute atomic E-state index is 0.0102. The lowest BCUT2D eigenvalue weighted by Crippen LogP contribution is -2.53. The van der Waals surface area contributed by atoms with E-state index in [1.165, 1.54) is 11.1 Å². The highest BCUT2D eigenvalue weighted by molar-refractivity contribution is 5.80. The van der Waals surface area contributed by atoms with E-state index in [0.29, 0.717) is 0 Å². The SMILES string of the molecule is C/C=C(\C)[C@H]1OC2C(C)=CC(/C=C/C(=O)O)(CO)[C@@H]3C(C)=C[C@@]1(C)[C@]23C. The normalized spacial score (nSPS) is 44.9. The van der Waals surface area contributed by atoms with E-state index >= 15 is 0 Å². The van der Waals surface area contributed by atoms with Gasteiger partial charge in [-0.05, 0) is 38.8 Å². The number of carboxylic acid groups (broad SMARTS) is 1. The van der Waals surface area contributed by atoms with Crippen molar-refractivity contribution in [3.63, 3.8) is 0 Å². The maximum absolute atomic E-state index is 11.2. The molecule has 0 amide bonds. The van der Waals surface area contributed by atoms with Crippen molar-refractivity contribution in [3.05, 3.63) is 47.1 Å². The number of aliphatic hydroxyl groups excluding tert-OH is 1. The molecule has 2 N–H and O–H groups in total. The fourth-order valence-corrected chi connectivity index (χ4v) is 6.14. The van der Waals surface area contributed by atoms with Crippen molar-refractivity contribution >= 4 is 5.97 Å². The molecule has 2 unspecified atom stereocenters. The maximum atomic E-state index is 11.2. The predicted octanol–water partition coefficient (Wildman–Crippen LogP) is 3.89. The Labute approximate surface area is 155 Å². The molecular formula is C22H30O4. The molecule has 0 radical (unpaired) electrons. The van der Waals surface area contributed by atoms with Crippen LogP contribution in [0.15, 0.2) is 47.1 Å². The van der Waals surface area contributed by atoms with Crippen LogP contribution in [-0.4, -0.2) is 35.0 Å². The van der Waals surface area contributed by atoms with Gasteiger partial charge in [-0.3, -0.25) is 0 Å². The zero-order valence-corrected chi connectivity index (χ0v) is 16.5. The number of carboxylic acids is 1. The fraction of sp³-hybridized carbons (Fsp3) is 0.591. The quantitative estimate of drug-likeness (QED) is 0.591. The Hall–Kier alpha value is -1.65. The van der Waals surface area contributed by atoms with E-state index in [-0.39, 0.29) is 35.6 Å². The van der Waals surface area contributed by atoms with Crippen molar-refractivity contribution in [2.45, 2.75) is 53.8 Å². The third kappa shape index (κ3) is 2.18. The average molecular weight is 358 g/mol. The number of aliphatic carboxylic acids is 1. The van der Waals surface area contributed by atoms with Gasteiger partial charge in [0.15, 0.2) is 0 Å². The standard InChI is InChI=1S/C22H30O4/c1-7-13(2)18-20(5)10-14(3)17-21(20,6)19(26-18)15(4)11-22(17,12-23)9-8-16(24)25/h7-11,17-19,23H,12H2,1-6H3,(H,24,25)/b9-8+,13-7+/t17-,18-,19?,20-,21+,22?/m1/s1. The molecule has 26 heavy (non-hydrogen) atoms. The van der Waals surface area contributed by atoms with Gasteiger partial charge >= 0.3 is 5.97 Å². The van der Waals surface area contributed by atoms with E-state index in [9.17, 15) is 9.90 Å². The van der Waals surface area contributed by atoms with Crippen LogP contribution in [0.4, 0.5) is 0 Å². The number of ether oxygens (including phenoxy) is 1. The van der Waals surface area contributed by atoms with Gasteiger partial charge in [0.25, 0.3) is 0 Å². The minimum atomic E-state index is -0.996. The Balaban J connectivity index is 2.24. The zero-order valence-electron chi connectivity index (χ0n) is 16.5. The van der Waals surface area contributed by atoms with Crippen LogP contribution in [0.3, 0.4) is 0 Å². The van der Waals surface area contributed by atoms with E-state index in [1.54, 1.807) is 6.08 Å². The van der Waals surface area contributed by atoms with Gasteiger partial charge in [0.1, 0.15) is 0 Å². The molecule has 0 aromatic rings. The monoisotopic (exact) mass is 358 g/mol. The van der Waals surface area contributed by atoms with Gasteiger partial charge in [-0.15, -0.1) is 0 Å². The molecule has 2 aliphatic carbocycles. The lowest BCUT2D eigenvalue weighted by molar-refractivity contribution is -0.131. The van der Waals surface area contributed by atoms with E-state index in [1.807, 2.05) is 19.9 Å². The third-order valence-electron chi connectivity index (χ3n) is 7.23. The summed E-state index contributed by atoms with van der Waals surface area (Å²) >= 11 is 0. The Morgan fingerprint density at radius 1 is 1.27 bits per heavy atom. The van der Waals surface area contributed by atoms with E-state index in [0.717, 1.165) is 11.6 Å². The fourth-order valence-electron chi connectivity index (χ4n) is 6.14. The second-order valence-electron chi connectivity index (χ2n) is 8.65. The molecule has 1 aliphatic heterocycles. The summed E-state index contributed by atoms with van der Waals surface area (Å²) in [4.78, 5) is 11.2. The lowest BCUT2D eigenvalue weighted by atomic mass is 9.49. The number of allylic oxidation sites excluding steroid dienone is 2. The van der Waals surface area contributed by atoms with Crippen molar-refractivity contribution in [1.82, 2.24) is 0 Å². The molecule has 3 rings (SSSR count). The van der Waals surface area contributed by atoms with E-state index in [2.05, 4.69) is 39.8 Å². The maximum Gasteiger partial charge on any atom is 0.328 e. The first-order valence-electron chi connectivity index (χ1n) is 9.27. The Morgan fingerprint density at radius 3 is 2.46 bits per heavy atom. The Morgan fingerprint density at radius 2 is 1.92 bits per heavy atom. The molecule has 142 valence electrons. The highest BCUT2D eigenvalue weighted by atomic mass is 16.5. The van der Waals surface area contributed by atoms with Crippen LogP contribution < -0.4 is 0 Å². The first-order chi connectivity index (χ1) is 12.1. The Kier molecular flexibility index (Phi) is 4.36. The molecule has 1 heterocycles. The summed E-state index contributed by atoms with van der Waals surface area (Å²) in [6, 6.07) is 0. The van der Waals surface area contributed by atoms with Crippen LogP contribution in [0.25, 0.3) is 0 Å². The topological polar surface area (TPSA) is 66.8 Å². The highest BCUT2D eigenvalue weighted by Gasteiger charge is 2.71. The molecule has 4 heteroatoms. The van der Waals surface area contributed by atoms with Crippen LogP contribution in [-0.2, 0) is 9.53 Å². The Bertz CT molecular complexity index is 758. The zero-order chi connectivity index (χ0) is 19.5. The largest absolute Gasteiger partial charge is 0.478 e. The first kappa shape index (κ1) is 19.1. The van der Waals surface area contributed by atoms with Crippen LogP contribution >= 0.6 is 0 Å². The third-order valence-corrected chi connectivity index (χ3v) is 7.23. The van der Waals surface area contributed by atoms with Crippen LogP contribution in [0.5, 0.6) is 0 Å². The van der Waals surface area contributed by atoms with Crippen LogP contribution in [0.1, 0.15) is 41.5 Å². The number of hydrogen-bond donors (Lipinski definition) is 2. The summed E-state index contributed by atoms with van der Waals surface area (Å²) < 4.78 is 6.58. The van der Waals surface area contributed by atoms with Crippen molar-refractivity contribution in [1.29, 1.82) is 0 Å². The van der Waals surface area contributed by atoms with Gasteiger partial charge in [0.2, 0.25) is 0 Å². The second kappa shape index (κ2) is 5.93. The summed E-state index contributed by atoms with van der Waals surface area (Å²) in [5, 5.41) is 19.5. The molecule has 0 aromatic carbocycles. The van der Waals surface area contributed by atoms with Crippen LogP contribution in [0, 0.1) is 22.2 Å². The molecule has 0 saturated carbocycles. The van der Waals surface area contributed by atoms with Gasteiger partial charge in [-0.1, -0.05) is 43.7 Å². The van der Waals surface area contributed by atoms with Crippen molar-refractivity contribution < 1.29 is 19.7 Å². The summed E-state index contributed by atoms with van der Waals surface area (Å²) in [7, 11) is 0. The molecule has 1 saturated heterocycles. The van der Waals surface area contributed by atoms with Gasteiger partial charge < -0.3 is 14.9 Å². The lowest BCUT2D eigenvalue weighted by Gasteiger charge is -2.52. The second-order valence-corrected chi connectivity index (χ2v) is 8.65. The minimum Gasteiger partial charge on any atom is -0.478 e. The van der Waals surface area contributed by atoms with Gasteiger partial charge in [0, 0.05) is 28.2 Å². The summed E-state index contributed by atoms with van der Waals surface area (Å²) in [6.07, 6.45) is 9.20. The van der Waals surface area contributed by atoms with Gasteiger partial charge in [-0.2, -0.15) is 0 Å². The van der Waals surface area contributed by atoms with Crippen LogP contribution in [0.2, 0.25) is 0 Å². The van der Waals surface area contributed by atoms with Gasteiger partial charge in [0.05, 0.1) is 18.8 Å². The first-order valence-corrected chi connectivity index (χ1v) is 9.27. The van der Waals surface area contributed by atoms with E-state index in [4.69, 9.17) is 9.84 Å². The number of aliphatic hydroxyl groups is 1. The van der Waals surface area contributed by atoms with Crippen molar-refractivity contribution in [2.75, 3.05) is 6.61 Å². The highest BCUT2D eigenvalue weighted by Crippen LogP contribution is 2.71. The average Bonchev–Trinajstić information content (AvgIpc) is 2.93. The molecule has 0 spiro atoms. The predicted molar refractivity (Wildman–Crippen MR) is 102 cm³/mol. The van der Waals surface area contributed by atoms with Crippen molar-refractivity contribution in [2.24, 2.45) is 22.2 Å². The molecule has 0 aromatic heterocycles. The number of hydrogen-bond acceptors (Lipinski definition) is 3. The number of carbonyl (C=O) groups is 1. The molecule has 1 fully saturated rings. The molecule has 0 bridgehead atoms. The molecule has 4 nitrogen and oxygen atoms in total. The summed E-state index contributed by atoms with van der Waals surface area (Å²) in [6.45, 7) is 12.6. The molecule has 3 aliphatic rings. The summed E-state index contributed by atoms with van der Waals surface area (Å²) in [5.74, 6) is -1.01. The summed E-state index contributed by atoms with van der Waals surface area (Å²) in [5.41, 5.74) is 2.27. The van der Waals surface area contributed by atoms with Crippen molar-refractivity contribution in [3.8, 4) is 0 Å². The molecule has 6 atom stereocenters.